The third kappa shape index (κ3) is 4.07. The Morgan fingerprint density at radius 3 is 2.73 bits per heavy atom. The Bertz CT molecular complexity index is 836. The quantitative estimate of drug-likeness (QED) is 0.601. The molecule has 138 valence electrons. The number of hydrogen-bond acceptors (Lipinski definition) is 4. The Morgan fingerprint density at radius 2 is 2.12 bits per heavy atom. The molecule has 1 aromatic heterocycles. The van der Waals surface area contributed by atoms with E-state index in [1.165, 1.54) is 30.0 Å². The van der Waals surface area contributed by atoms with Gasteiger partial charge in [-0.3, -0.25) is 4.79 Å². The van der Waals surface area contributed by atoms with Gasteiger partial charge in [0.15, 0.2) is 5.16 Å². The number of nitrogens with one attached hydrogen (secondary N) is 2. The van der Waals surface area contributed by atoms with Gasteiger partial charge in [0.05, 0.1) is 11.4 Å². The number of benzene rings is 1. The predicted molar refractivity (Wildman–Crippen MR) is 104 cm³/mol. The van der Waals surface area contributed by atoms with Crippen molar-refractivity contribution in [2.24, 2.45) is 0 Å². The van der Waals surface area contributed by atoms with Gasteiger partial charge in [0.25, 0.3) is 0 Å². The van der Waals surface area contributed by atoms with Crippen molar-refractivity contribution >= 4 is 33.0 Å². The molecule has 3 unspecified atom stereocenters. The number of amides is 1. The van der Waals surface area contributed by atoms with Crippen molar-refractivity contribution < 1.29 is 13.6 Å². The molecule has 1 aromatic carbocycles. The zero-order valence-corrected chi connectivity index (χ0v) is 16.2. The number of thioether (sulfide) groups is 1. The summed E-state index contributed by atoms with van der Waals surface area (Å²) < 4.78 is 28.5. The number of imidazole rings is 1. The first kappa shape index (κ1) is 18.9. The Morgan fingerprint density at radius 1 is 1.42 bits per heavy atom. The SMILES string of the molecule is CC(C)NC(=O)/C=C/c1c(-c2ccc(F)cc2)nc2n1NC(C(F)P)S2. The van der Waals surface area contributed by atoms with Crippen LogP contribution in [0.3, 0.4) is 0 Å². The number of carbonyl (C=O) groups excluding carboxylic acids is 1. The van der Waals surface area contributed by atoms with Gasteiger partial charge < -0.3 is 10.7 Å². The maximum atomic E-state index is 13.6. The summed E-state index contributed by atoms with van der Waals surface area (Å²) in [4.78, 5) is 16.5. The molecule has 1 aliphatic heterocycles. The third-order valence-electron chi connectivity index (χ3n) is 3.60. The summed E-state index contributed by atoms with van der Waals surface area (Å²) in [6.07, 6.45) is 3.03. The van der Waals surface area contributed by atoms with Crippen LogP contribution in [0.25, 0.3) is 17.3 Å². The zero-order chi connectivity index (χ0) is 18.8. The van der Waals surface area contributed by atoms with E-state index in [1.54, 1.807) is 22.9 Å². The van der Waals surface area contributed by atoms with Gasteiger partial charge in [-0.1, -0.05) is 21.0 Å². The van der Waals surface area contributed by atoms with Crippen molar-refractivity contribution in [3.63, 3.8) is 0 Å². The molecule has 3 rings (SSSR count). The lowest BCUT2D eigenvalue weighted by Gasteiger charge is -2.13. The Hall–Kier alpha value is -1.92. The van der Waals surface area contributed by atoms with E-state index in [-0.39, 0.29) is 17.8 Å². The number of fused-ring (bicyclic) bond motifs is 1. The van der Waals surface area contributed by atoms with Crippen molar-refractivity contribution in [2.75, 3.05) is 5.43 Å². The first-order valence-electron chi connectivity index (χ1n) is 8.05. The molecule has 0 saturated carbocycles. The number of alkyl halides is 1. The number of aromatic nitrogens is 2. The van der Waals surface area contributed by atoms with Gasteiger partial charge in [0.1, 0.15) is 17.1 Å². The molecule has 0 saturated heterocycles. The molecule has 0 bridgehead atoms. The summed E-state index contributed by atoms with van der Waals surface area (Å²) >= 11 is 1.26. The zero-order valence-electron chi connectivity index (χ0n) is 14.2. The molecule has 9 heteroatoms. The van der Waals surface area contributed by atoms with Crippen LogP contribution in [0.2, 0.25) is 0 Å². The molecule has 2 N–H and O–H groups in total. The van der Waals surface area contributed by atoms with Gasteiger partial charge in [-0.2, -0.15) is 0 Å². The van der Waals surface area contributed by atoms with Crippen LogP contribution in [0.5, 0.6) is 0 Å². The van der Waals surface area contributed by atoms with E-state index < -0.39 is 11.3 Å². The highest BCUT2D eigenvalue weighted by Gasteiger charge is 2.31. The molecule has 5 nitrogen and oxygen atoms in total. The molecule has 0 radical (unpaired) electrons. The first-order chi connectivity index (χ1) is 12.3. The van der Waals surface area contributed by atoms with E-state index in [0.29, 0.717) is 22.1 Å². The average Bonchev–Trinajstić information content (AvgIpc) is 3.11. The number of nitrogens with zero attached hydrogens (tertiary/aromatic N) is 2. The fraction of sp³-hybridized carbons (Fsp3) is 0.294. The number of rotatable bonds is 5. The molecule has 2 heterocycles. The van der Waals surface area contributed by atoms with Crippen molar-refractivity contribution in [3.05, 3.63) is 41.9 Å². The van der Waals surface area contributed by atoms with Crippen LogP contribution in [0.15, 0.2) is 35.5 Å². The molecule has 0 fully saturated rings. The minimum atomic E-state index is -1.16. The molecule has 3 atom stereocenters. The molecular formula is C17H19F2N4OPS. The van der Waals surface area contributed by atoms with E-state index >= 15 is 0 Å². The molecule has 0 aliphatic carbocycles. The van der Waals surface area contributed by atoms with Crippen LogP contribution in [-0.2, 0) is 4.79 Å². The van der Waals surface area contributed by atoms with Gasteiger partial charge in [0, 0.05) is 17.7 Å². The van der Waals surface area contributed by atoms with Crippen LogP contribution >= 0.6 is 21.0 Å². The lowest BCUT2D eigenvalue weighted by molar-refractivity contribution is -0.116. The fourth-order valence-electron chi connectivity index (χ4n) is 2.48. The summed E-state index contributed by atoms with van der Waals surface area (Å²) in [6, 6.07) is 5.95. The highest BCUT2D eigenvalue weighted by molar-refractivity contribution is 8.00. The maximum Gasteiger partial charge on any atom is 0.244 e. The van der Waals surface area contributed by atoms with Gasteiger partial charge in [-0.15, -0.1) is 0 Å². The predicted octanol–water partition coefficient (Wildman–Crippen LogP) is 3.37. The van der Waals surface area contributed by atoms with Crippen LogP contribution in [0.1, 0.15) is 19.5 Å². The standard InChI is InChI=1S/C17H19F2N4OPS/c1-9(2)20-13(24)8-7-12-14(10-3-5-11(18)6-4-10)21-17-23(12)22-16(26-17)15(19)25/h3-9,15-16,22H,25H2,1-2H3,(H,20,24)/b8-7+. The minimum absolute atomic E-state index is 0.0161. The molecular weight excluding hydrogens is 377 g/mol. The summed E-state index contributed by atoms with van der Waals surface area (Å²) in [5.74, 6) is -1.74. The average molecular weight is 396 g/mol. The third-order valence-corrected chi connectivity index (χ3v) is 5.37. The van der Waals surface area contributed by atoms with E-state index in [1.807, 2.05) is 13.8 Å². The first-order valence-corrected chi connectivity index (χ1v) is 9.60. The minimum Gasteiger partial charge on any atom is -0.350 e. The van der Waals surface area contributed by atoms with Crippen molar-refractivity contribution in [3.8, 4) is 11.3 Å². The van der Waals surface area contributed by atoms with Crippen LogP contribution in [0, 0.1) is 5.82 Å². The lowest BCUT2D eigenvalue weighted by Crippen LogP contribution is -2.28. The molecule has 1 aliphatic rings. The molecule has 0 spiro atoms. The molecule has 1 amide bonds. The second-order valence-corrected chi connectivity index (χ2v) is 7.82. The van der Waals surface area contributed by atoms with E-state index in [9.17, 15) is 13.6 Å². The van der Waals surface area contributed by atoms with Crippen molar-refractivity contribution in [1.29, 1.82) is 0 Å². The van der Waals surface area contributed by atoms with E-state index in [0.717, 1.165) is 0 Å². The Kier molecular flexibility index (Phi) is 5.63. The lowest BCUT2D eigenvalue weighted by atomic mass is 10.1. The smallest absolute Gasteiger partial charge is 0.244 e. The van der Waals surface area contributed by atoms with Crippen molar-refractivity contribution in [1.82, 2.24) is 15.0 Å². The summed E-state index contributed by atoms with van der Waals surface area (Å²) in [6.45, 7) is 3.74. The van der Waals surface area contributed by atoms with Crippen LogP contribution < -0.4 is 10.7 Å². The van der Waals surface area contributed by atoms with E-state index in [4.69, 9.17) is 0 Å². The number of carbonyl (C=O) groups is 1. The summed E-state index contributed by atoms with van der Waals surface area (Å²) in [5, 5.41) is 2.87. The highest BCUT2D eigenvalue weighted by Crippen LogP contribution is 2.37. The summed E-state index contributed by atoms with van der Waals surface area (Å²) in [7, 11) is 2.12. The Labute approximate surface area is 156 Å². The van der Waals surface area contributed by atoms with Crippen LogP contribution in [-0.4, -0.2) is 32.9 Å². The fourth-order valence-corrected chi connectivity index (χ4v) is 3.72. The number of hydrogen-bond donors (Lipinski definition) is 2. The molecule has 26 heavy (non-hydrogen) atoms. The maximum absolute atomic E-state index is 13.6. The normalized spacial score (nSPS) is 17.4. The van der Waals surface area contributed by atoms with E-state index in [2.05, 4.69) is 25.0 Å². The van der Waals surface area contributed by atoms with Crippen LogP contribution in [0.4, 0.5) is 8.78 Å². The largest absolute Gasteiger partial charge is 0.350 e. The second kappa shape index (κ2) is 7.76. The van der Waals surface area contributed by atoms with Gasteiger partial charge >= 0.3 is 0 Å². The Balaban J connectivity index is 1.98. The van der Waals surface area contributed by atoms with Gasteiger partial charge in [-0.25, -0.2) is 18.4 Å². The highest BCUT2D eigenvalue weighted by atomic mass is 32.2. The second-order valence-electron chi connectivity index (χ2n) is 6.08. The monoisotopic (exact) mass is 396 g/mol. The van der Waals surface area contributed by atoms with Gasteiger partial charge in [0.2, 0.25) is 5.91 Å². The topological polar surface area (TPSA) is 59.0 Å². The van der Waals surface area contributed by atoms with Gasteiger partial charge in [-0.05, 0) is 44.2 Å². The van der Waals surface area contributed by atoms with Crippen molar-refractivity contribution in [2.45, 2.75) is 36.3 Å². The summed E-state index contributed by atoms with van der Waals surface area (Å²) in [5.41, 5.74) is 4.93. The molecule has 2 aromatic rings. The number of halogens is 2.